The molecule has 0 spiro atoms. The van der Waals surface area contributed by atoms with E-state index in [0.29, 0.717) is 12.2 Å². The fourth-order valence-electron chi connectivity index (χ4n) is 2.88. The molecule has 0 saturated heterocycles. The van der Waals surface area contributed by atoms with Crippen molar-refractivity contribution in [3.8, 4) is 5.75 Å². The maximum absolute atomic E-state index is 12.4. The Kier molecular flexibility index (Phi) is 8.47. The van der Waals surface area contributed by atoms with Crippen LogP contribution >= 0.6 is 0 Å². The van der Waals surface area contributed by atoms with E-state index in [1.165, 1.54) is 25.7 Å². The Balaban J connectivity index is 2.65. The van der Waals surface area contributed by atoms with Crippen LogP contribution in [0.4, 0.5) is 0 Å². The van der Waals surface area contributed by atoms with Gasteiger partial charge in [-0.25, -0.2) is 0 Å². The lowest BCUT2D eigenvalue weighted by molar-refractivity contribution is -0.145. The van der Waals surface area contributed by atoms with E-state index >= 15 is 0 Å². The number of hydrogen-bond acceptors (Lipinski definition) is 3. The molecule has 0 radical (unpaired) electrons. The second-order valence-electron chi connectivity index (χ2n) is 8.14. The fourth-order valence-corrected chi connectivity index (χ4v) is 2.88. The molecule has 0 saturated carbocycles. The van der Waals surface area contributed by atoms with Crippen molar-refractivity contribution in [1.29, 1.82) is 0 Å². The van der Waals surface area contributed by atoms with Crippen LogP contribution in [0.15, 0.2) is 12.1 Å². The lowest BCUT2D eigenvalue weighted by atomic mass is 9.83. The van der Waals surface area contributed by atoms with Gasteiger partial charge in [-0.15, -0.1) is 0 Å². The van der Waals surface area contributed by atoms with E-state index in [9.17, 15) is 9.90 Å². The number of aryl methyl sites for hydroxylation is 1. The van der Waals surface area contributed by atoms with Gasteiger partial charge in [0.15, 0.2) is 0 Å². The average molecular weight is 349 g/mol. The molecule has 0 aromatic heterocycles. The van der Waals surface area contributed by atoms with Gasteiger partial charge >= 0.3 is 5.97 Å². The van der Waals surface area contributed by atoms with Gasteiger partial charge in [0.1, 0.15) is 5.75 Å². The Morgan fingerprint density at radius 1 is 1.12 bits per heavy atom. The molecule has 0 aliphatic rings. The molecule has 1 aromatic carbocycles. The van der Waals surface area contributed by atoms with Crippen molar-refractivity contribution in [3.05, 3.63) is 28.8 Å². The van der Waals surface area contributed by atoms with Crippen molar-refractivity contribution in [2.45, 2.75) is 91.4 Å². The van der Waals surface area contributed by atoms with Gasteiger partial charge in [-0.1, -0.05) is 71.9 Å². The molecule has 0 fully saturated rings. The first kappa shape index (κ1) is 21.5. The maximum atomic E-state index is 12.4. The molecule has 3 nitrogen and oxygen atoms in total. The number of carbonyl (C=O) groups excluding carboxylic acids is 1. The Bertz CT molecular complexity index is 555. The number of benzene rings is 1. The summed E-state index contributed by atoms with van der Waals surface area (Å²) in [6.07, 6.45) is 6.99. The molecule has 1 aromatic rings. The van der Waals surface area contributed by atoms with E-state index in [0.717, 1.165) is 24.0 Å². The molecular formula is C22H36O3. The van der Waals surface area contributed by atoms with Gasteiger partial charge in [-0.05, 0) is 36.8 Å². The monoisotopic (exact) mass is 348 g/mol. The van der Waals surface area contributed by atoms with E-state index in [4.69, 9.17) is 4.74 Å². The van der Waals surface area contributed by atoms with Crippen LogP contribution in [0.3, 0.4) is 0 Å². The van der Waals surface area contributed by atoms with Crippen molar-refractivity contribution >= 4 is 5.97 Å². The van der Waals surface area contributed by atoms with E-state index in [-0.39, 0.29) is 17.1 Å². The lowest BCUT2D eigenvalue weighted by Gasteiger charge is -2.23. The molecule has 1 atom stereocenters. The van der Waals surface area contributed by atoms with Crippen molar-refractivity contribution in [1.82, 2.24) is 0 Å². The Hall–Kier alpha value is -1.51. The van der Waals surface area contributed by atoms with Gasteiger partial charge < -0.3 is 9.84 Å². The molecular weight excluding hydrogens is 312 g/mol. The minimum Gasteiger partial charge on any atom is -0.507 e. The second kappa shape index (κ2) is 9.84. The van der Waals surface area contributed by atoms with Crippen LogP contribution in [0.25, 0.3) is 0 Å². The molecule has 25 heavy (non-hydrogen) atoms. The van der Waals surface area contributed by atoms with E-state index in [1.807, 2.05) is 26.0 Å². The Morgan fingerprint density at radius 3 is 2.32 bits per heavy atom. The van der Waals surface area contributed by atoms with Gasteiger partial charge in [0, 0.05) is 5.56 Å². The van der Waals surface area contributed by atoms with Gasteiger partial charge in [-0.2, -0.15) is 0 Å². The topological polar surface area (TPSA) is 46.5 Å². The molecule has 142 valence electrons. The summed E-state index contributed by atoms with van der Waals surface area (Å²) in [6, 6.07) is 3.94. The summed E-state index contributed by atoms with van der Waals surface area (Å²) in [4.78, 5) is 12.4. The highest BCUT2D eigenvalue weighted by Gasteiger charge is 2.24. The average Bonchev–Trinajstić information content (AvgIpc) is 2.54. The first-order chi connectivity index (χ1) is 11.7. The molecule has 0 bridgehead atoms. The van der Waals surface area contributed by atoms with Gasteiger partial charge in [0.05, 0.1) is 12.5 Å². The smallest absolute Gasteiger partial charge is 0.313 e. The molecule has 0 aliphatic heterocycles. The van der Waals surface area contributed by atoms with Crippen molar-refractivity contribution < 1.29 is 14.6 Å². The third-order valence-electron chi connectivity index (χ3n) is 4.76. The number of phenols is 1. The third kappa shape index (κ3) is 6.72. The van der Waals surface area contributed by atoms with Crippen molar-refractivity contribution in [2.24, 2.45) is 0 Å². The third-order valence-corrected chi connectivity index (χ3v) is 4.76. The van der Waals surface area contributed by atoms with E-state index in [1.54, 1.807) is 0 Å². The van der Waals surface area contributed by atoms with Crippen LogP contribution in [-0.4, -0.2) is 17.7 Å². The normalized spacial score (nSPS) is 12.9. The summed E-state index contributed by atoms with van der Waals surface area (Å²) in [6.45, 7) is 12.7. The predicted octanol–water partition coefficient (Wildman–Crippen LogP) is 6.01. The molecule has 0 aliphatic carbocycles. The quantitative estimate of drug-likeness (QED) is 0.439. The first-order valence-electron chi connectivity index (χ1n) is 9.69. The van der Waals surface area contributed by atoms with Crippen LogP contribution in [0.5, 0.6) is 5.75 Å². The highest BCUT2D eigenvalue weighted by atomic mass is 16.5. The summed E-state index contributed by atoms with van der Waals surface area (Å²) in [5.41, 5.74) is 2.55. The number of ether oxygens (including phenoxy) is 1. The van der Waals surface area contributed by atoms with E-state index in [2.05, 4.69) is 27.7 Å². The largest absolute Gasteiger partial charge is 0.507 e. The van der Waals surface area contributed by atoms with Crippen LogP contribution in [0.1, 0.15) is 95.8 Å². The number of rotatable bonds is 9. The van der Waals surface area contributed by atoms with E-state index < -0.39 is 5.92 Å². The number of hydrogen-bond donors (Lipinski definition) is 1. The van der Waals surface area contributed by atoms with Gasteiger partial charge in [0.2, 0.25) is 0 Å². The molecule has 0 heterocycles. The van der Waals surface area contributed by atoms with Crippen molar-refractivity contribution in [3.63, 3.8) is 0 Å². The molecule has 1 unspecified atom stereocenters. The highest BCUT2D eigenvalue weighted by Crippen LogP contribution is 2.35. The molecule has 0 amide bonds. The number of unbranched alkanes of at least 4 members (excludes halogenated alkanes) is 5. The fraction of sp³-hybridized carbons (Fsp3) is 0.682. The zero-order chi connectivity index (χ0) is 19.0. The number of esters is 1. The zero-order valence-electron chi connectivity index (χ0n) is 16.9. The van der Waals surface area contributed by atoms with Crippen LogP contribution in [0.2, 0.25) is 0 Å². The lowest BCUT2D eigenvalue weighted by Crippen LogP contribution is -2.17. The first-order valence-corrected chi connectivity index (χ1v) is 9.69. The number of carbonyl (C=O) groups is 1. The Morgan fingerprint density at radius 2 is 1.72 bits per heavy atom. The summed E-state index contributed by atoms with van der Waals surface area (Å²) < 4.78 is 5.44. The van der Waals surface area contributed by atoms with Gasteiger partial charge in [0.25, 0.3) is 0 Å². The Labute approximate surface area is 153 Å². The number of aromatic hydroxyl groups is 1. The standard InChI is InChI=1S/C22H36O3/c1-7-8-9-10-11-12-13-25-21(24)17(3)19-15-18(22(4,5)6)14-16(2)20(19)23/h14-15,17,23H,7-13H2,1-6H3. The van der Waals surface area contributed by atoms with Crippen LogP contribution in [0, 0.1) is 6.92 Å². The number of phenolic OH excluding ortho intramolecular Hbond substituents is 1. The molecule has 1 N–H and O–H groups in total. The van der Waals surface area contributed by atoms with Crippen molar-refractivity contribution in [2.75, 3.05) is 6.61 Å². The highest BCUT2D eigenvalue weighted by molar-refractivity contribution is 5.79. The summed E-state index contributed by atoms with van der Waals surface area (Å²) in [5, 5.41) is 10.4. The summed E-state index contributed by atoms with van der Waals surface area (Å²) in [7, 11) is 0. The SMILES string of the molecule is CCCCCCCCOC(=O)C(C)c1cc(C(C)(C)C)cc(C)c1O. The summed E-state index contributed by atoms with van der Waals surface area (Å²) in [5.74, 6) is -0.507. The predicted molar refractivity (Wildman–Crippen MR) is 104 cm³/mol. The van der Waals surface area contributed by atoms with Crippen LogP contribution in [-0.2, 0) is 14.9 Å². The second-order valence-corrected chi connectivity index (χ2v) is 8.14. The van der Waals surface area contributed by atoms with Crippen LogP contribution < -0.4 is 0 Å². The zero-order valence-corrected chi connectivity index (χ0v) is 16.9. The molecule has 1 rings (SSSR count). The van der Waals surface area contributed by atoms with Gasteiger partial charge in [-0.3, -0.25) is 4.79 Å². The minimum atomic E-state index is -0.457. The summed E-state index contributed by atoms with van der Waals surface area (Å²) >= 11 is 0. The minimum absolute atomic E-state index is 0.0324. The maximum Gasteiger partial charge on any atom is 0.313 e. The molecule has 3 heteroatoms.